The second kappa shape index (κ2) is 12.6. The molecule has 0 saturated heterocycles. The molecule has 3 amide bonds. The van der Waals surface area contributed by atoms with Gasteiger partial charge in [-0.05, 0) is 54.4 Å². The van der Waals surface area contributed by atoms with Crippen LogP contribution in [-0.2, 0) is 14.4 Å². The molecule has 0 bridgehead atoms. The third-order valence-corrected chi connectivity index (χ3v) is 4.23. The van der Waals surface area contributed by atoms with Gasteiger partial charge in [-0.25, -0.2) is 5.43 Å². The molecule has 2 aromatic carbocycles. The van der Waals surface area contributed by atoms with E-state index >= 15 is 0 Å². The maximum absolute atomic E-state index is 12.0. The molecule has 0 aliphatic rings. The summed E-state index contributed by atoms with van der Waals surface area (Å²) in [5, 5.41) is 9.70. The summed E-state index contributed by atoms with van der Waals surface area (Å²) in [6.07, 6.45) is 3.10. The number of halogens is 2. The highest BCUT2D eigenvalue weighted by atomic mass is 35.5. The Bertz CT molecular complexity index is 929. The maximum Gasteiger partial charge on any atom is 0.329 e. The van der Waals surface area contributed by atoms with Crippen molar-refractivity contribution in [2.75, 3.05) is 18.5 Å². The molecule has 0 fully saturated rings. The fraction of sp³-hybridized carbons (Fsp3) is 0.238. The number of anilines is 1. The summed E-state index contributed by atoms with van der Waals surface area (Å²) in [5.41, 5.74) is 3.29. The number of carbonyl (C=O) groups is 3. The topological polar surface area (TPSA) is 109 Å². The Labute approximate surface area is 189 Å². The third-order valence-electron chi connectivity index (χ3n) is 3.80. The van der Waals surface area contributed by atoms with Crippen LogP contribution in [0, 0.1) is 0 Å². The molecule has 0 atom stereocenters. The number of ether oxygens (including phenoxy) is 1. The van der Waals surface area contributed by atoms with E-state index in [2.05, 4.69) is 21.2 Å². The highest BCUT2D eigenvalue weighted by Crippen LogP contribution is 2.22. The summed E-state index contributed by atoms with van der Waals surface area (Å²) >= 11 is 11.8. The van der Waals surface area contributed by atoms with Gasteiger partial charge in [0.25, 0.3) is 5.91 Å². The number of hydrogen-bond donors (Lipinski definition) is 3. The van der Waals surface area contributed by atoms with Gasteiger partial charge in [0, 0.05) is 22.3 Å². The monoisotopic (exact) mass is 464 g/mol. The fourth-order valence-corrected chi connectivity index (χ4v) is 2.82. The van der Waals surface area contributed by atoms with Crippen LogP contribution < -0.4 is 20.8 Å². The Morgan fingerprint density at radius 2 is 1.71 bits per heavy atom. The third kappa shape index (κ3) is 9.06. The van der Waals surface area contributed by atoms with E-state index in [-0.39, 0.29) is 12.5 Å². The van der Waals surface area contributed by atoms with E-state index in [4.69, 9.17) is 27.9 Å². The van der Waals surface area contributed by atoms with Crippen LogP contribution >= 0.6 is 23.2 Å². The zero-order chi connectivity index (χ0) is 22.6. The van der Waals surface area contributed by atoms with E-state index in [1.165, 1.54) is 6.21 Å². The molecular formula is C21H22Cl2N4O4. The van der Waals surface area contributed by atoms with Crippen molar-refractivity contribution >= 4 is 52.8 Å². The van der Waals surface area contributed by atoms with Gasteiger partial charge in [-0.3, -0.25) is 14.4 Å². The molecular weight excluding hydrogens is 443 g/mol. The van der Waals surface area contributed by atoms with Crippen LogP contribution in [0.4, 0.5) is 5.69 Å². The Hall–Kier alpha value is -3.10. The first-order chi connectivity index (χ1) is 14.9. The van der Waals surface area contributed by atoms with Gasteiger partial charge in [0.1, 0.15) is 5.75 Å². The first-order valence-corrected chi connectivity index (χ1v) is 10.2. The number of nitrogens with one attached hydrogen (secondary N) is 3. The molecule has 2 aromatic rings. The molecule has 10 heteroatoms. The van der Waals surface area contributed by atoms with Crippen LogP contribution in [0.2, 0.25) is 10.0 Å². The van der Waals surface area contributed by atoms with Crippen molar-refractivity contribution in [3.8, 4) is 5.75 Å². The molecule has 0 radical (unpaired) electrons. The Morgan fingerprint density at radius 1 is 1.03 bits per heavy atom. The van der Waals surface area contributed by atoms with Gasteiger partial charge < -0.3 is 15.4 Å². The normalized spacial score (nSPS) is 10.5. The van der Waals surface area contributed by atoms with Gasteiger partial charge in [-0.1, -0.05) is 36.5 Å². The quantitative estimate of drug-likeness (QED) is 0.228. The highest BCUT2D eigenvalue weighted by Gasteiger charge is 2.11. The van der Waals surface area contributed by atoms with Crippen molar-refractivity contribution in [2.45, 2.75) is 19.8 Å². The van der Waals surface area contributed by atoms with Crippen LogP contribution in [0.3, 0.4) is 0 Å². The van der Waals surface area contributed by atoms with Crippen LogP contribution in [0.25, 0.3) is 0 Å². The van der Waals surface area contributed by atoms with Crippen LogP contribution in [0.15, 0.2) is 47.6 Å². The highest BCUT2D eigenvalue weighted by molar-refractivity contribution is 6.35. The number of unbranched alkanes of at least 4 members (excludes halogenated alkanes) is 1. The minimum atomic E-state index is -0.834. The molecule has 31 heavy (non-hydrogen) atoms. The number of carbonyl (C=O) groups excluding carboxylic acids is 3. The molecule has 2 rings (SSSR count). The summed E-state index contributed by atoms with van der Waals surface area (Å²) in [6, 6.07) is 11.4. The number of nitrogens with zero attached hydrogens (tertiary/aromatic N) is 1. The van der Waals surface area contributed by atoms with Crippen molar-refractivity contribution < 1.29 is 19.1 Å². The fourth-order valence-electron chi connectivity index (χ4n) is 2.30. The lowest BCUT2D eigenvalue weighted by Crippen LogP contribution is -2.38. The lowest BCUT2D eigenvalue weighted by molar-refractivity contribution is -0.139. The predicted octanol–water partition coefficient (Wildman–Crippen LogP) is 3.38. The minimum absolute atomic E-state index is 0.208. The average Bonchev–Trinajstić information content (AvgIpc) is 2.72. The van der Waals surface area contributed by atoms with Crippen molar-refractivity contribution in [3.05, 3.63) is 58.1 Å². The second-order valence-corrected chi connectivity index (χ2v) is 7.25. The van der Waals surface area contributed by atoms with E-state index in [9.17, 15) is 14.4 Å². The van der Waals surface area contributed by atoms with Crippen molar-refractivity contribution in [1.29, 1.82) is 0 Å². The molecule has 0 aliphatic heterocycles. The Kier molecular flexibility index (Phi) is 9.80. The summed E-state index contributed by atoms with van der Waals surface area (Å²) < 4.78 is 5.43. The smallest absolute Gasteiger partial charge is 0.329 e. The minimum Gasteiger partial charge on any atom is -0.484 e. The summed E-state index contributed by atoms with van der Waals surface area (Å²) in [7, 11) is 0. The van der Waals surface area contributed by atoms with E-state index in [1.54, 1.807) is 42.5 Å². The molecule has 8 nitrogen and oxygen atoms in total. The molecule has 0 aliphatic carbocycles. The van der Waals surface area contributed by atoms with Gasteiger partial charge in [0.05, 0.1) is 6.21 Å². The average molecular weight is 465 g/mol. The van der Waals surface area contributed by atoms with Gasteiger partial charge in [0.2, 0.25) is 0 Å². The van der Waals surface area contributed by atoms with Crippen LogP contribution in [-0.4, -0.2) is 37.1 Å². The molecule has 164 valence electrons. The number of hydrogen-bond acceptors (Lipinski definition) is 5. The lowest BCUT2D eigenvalue weighted by atomic mass is 10.2. The number of rotatable bonds is 9. The van der Waals surface area contributed by atoms with Gasteiger partial charge >= 0.3 is 11.8 Å². The molecule has 0 spiro atoms. The van der Waals surface area contributed by atoms with E-state index < -0.39 is 11.8 Å². The lowest BCUT2D eigenvalue weighted by Gasteiger charge is -2.08. The summed E-state index contributed by atoms with van der Waals surface area (Å²) in [4.78, 5) is 35.1. The predicted molar refractivity (Wildman–Crippen MR) is 121 cm³/mol. The standard InChI is InChI=1S/C21H22Cl2N4O4/c1-2-3-8-24-20(29)21(30)27-25-12-14-4-6-18(7-5-14)31-13-19(28)26-17-10-15(22)9-16(23)11-17/h4-7,9-12H,2-3,8,13H2,1H3,(H,24,29)(H,26,28)(H,27,30). The van der Waals surface area contributed by atoms with Crippen molar-refractivity contribution in [1.82, 2.24) is 10.7 Å². The molecule has 0 unspecified atom stereocenters. The molecule has 0 heterocycles. The molecule has 0 saturated carbocycles. The van der Waals surface area contributed by atoms with E-state index in [0.717, 1.165) is 12.8 Å². The van der Waals surface area contributed by atoms with E-state index in [0.29, 0.717) is 33.6 Å². The molecule has 0 aromatic heterocycles. The second-order valence-electron chi connectivity index (χ2n) is 6.37. The van der Waals surface area contributed by atoms with Crippen LogP contribution in [0.5, 0.6) is 5.75 Å². The zero-order valence-electron chi connectivity index (χ0n) is 16.8. The first-order valence-electron chi connectivity index (χ1n) is 9.47. The summed E-state index contributed by atoms with van der Waals surface area (Å²) in [6.45, 7) is 2.22. The zero-order valence-corrected chi connectivity index (χ0v) is 18.3. The van der Waals surface area contributed by atoms with Crippen molar-refractivity contribution in [2.24, 2.45) is 5.10 Å². The van der Waals surface area contributed by atoms with Gasteiger partial charge in [-0.15, -0.1) is 0 Å². The summed E-state index contributed by atoms with van der Waals surface area (Å²) in [5.74, 6) is -1.47. The number of amides is 3. The Morgan fingerprint density at radius 3 is 2.35 bits per heavy atom. The largest absolute Gasteiger partial charge is 0.484 e. The first kappa shape index (κ1) is 24.2. The van der Waals surface area contributed by atoms with Crippen LogP contribution in [0.1, 0.15) is 25.3 Å². The molecule has 3 N–H and O–H groups in total. The van der Waals surface area contributed by atoms with E-state index in [1.807, 2.05) is 6.92 Å². The number of hydrazone groups is 1. The van der Waals surface area contributed by atoms with Crippen molar-refractivity contribution in [3.63, 3.8) is 0 Å². The van der Waals surface area contributed by atoms with Gasteiger partial charge in [0.15, 0.2) is 6.61 Å². The number of benzene rings is 2. The Balaban J connectivity index is 1.77. The maximum atomic E-state index is 12.0. The SMILES string of the molecule is CCCCNC(=O)C(=O)NN=Cc1ccc(OCC(=O)Nc2cc(Cl)cc(Cl)c2)cc1. The van der Waals surface area contributed by atoms with Gasteiger partial charge in [-0.2, -0.15) is 5.10 Å².